The summed E-state index contributed by atoms with van der Waals surface area (Å²) in [4.78, 5) is 0. The number of nitrogens with two attached hydrogens (primary N) is 1. The van der Waals surface area contributed by atoms with Gasteiger partial charge in [-0.2, -0.15) is 5.10 Å². The molecule has 0 radical (unpaired) electrons. The number of aromatic nitrogens is 2. The largest absolute Gasteiger partial charge is 0.319 e. The predicted molar refractivity (Wildman–Crippen MR) is 75.4 cm³/mol. The minimum absolute atomic E-state index is 0.0317. The van der Waals surface area contributed by atoms with E-state index >= 15 is 0 Å². The van der Waals surface area contributed by atoms with Crippen molar-refractivity contribution in [2.24, 2.45) is 5.73 Å². The molecule has 0 amide bonds. The third-order valence-corrected chi connectivity index (χ3v) is 3.78. The van der Waals surface area contributed by atoms with Crippen LogP contribution in [0, 0.1) is 6.92 Å². The Morgan fingerprint density at radius 1 is 1.33 bits per heavy atom. The SMILES string of the molecule is CCn1nc(C)cc1C(N)/C1=C/CCCCCC1. The molecule has 0 aliphatic heterocycles. The average Bonchev–Trinajstić information content (AvgIpc) is 2.69. The van der Waals surface area contributed by atoms with Crippen molar-refractivity contribution in [2.45, 2.75) is 65.0 Å². The molecule has 1 atom stereocenters. The summed E-state index contributed by atoms with van der Waals surface area (Å²) in [5, 5.41) is 4.50. The van der Waals surface area contributed by atoms with Crippen LogP contribution in [-0.2, 0) is 6.54 Å². The Kier molecular flexibility index (Phi) is 4.59. The van der Waals surface area contributed by atoms with Crippen molar-refractivity contribution in [3.8, 4) is 0 Å². The van der Waals surface area contributed by atoms with Crippen LogP contribution in [0.1, 0.15) is 62.9 Å². The van der Waals surface area contributed by atoms with Gasteiger partial charge in [0.15, 0.2) is 0 Å². The zero-order valence-corrected chi connectivity index (χ0v) is 11.7. The van der Waals surface area contributed by atoms with Gasteiger partial charge in [-0.15, -0.1) is 0 Å². The minimum Gasteiger partial charge on any atom is -0.319 e. The van der Waals surface area contributed by atoms with E-state index in [9.17, 15) is 0 Å². The van der Waals surface area contributed by atoms with Gasteiger partial charge in [-0.3, -0.25) is 4.68 Å². The molecular formula is C15H25N3. The first-order valence-electron chi connectivity index (χ1n) is 7.21. The second-order valence-electron chi connectivity index (χ2n) is 5.24. The predicted octanol–water partition coefficient (Wildman–Crippen LogP) is 3.49. The molecule has 1 aromatic heterocycles. The molecule has 1 aliphatic rings. The van der Waals surface area contributed by atoms with Crippen molar-refractivity contribution in [1.29, 1.82) is 0 Å². The fourth-order valence-corrected chi connectivity index (χ4v) is 2.76. The van der Waals surface area contributed by atoms with Crippen LogP contribution < -0.4 is 5.73 Å². The summed E-state index contributed by atoms with van der Waals surface area (Å²) in [6.45, 7) is 5.05. The second-order valence-corrected chi connectivity index (χ2v) is 5.24. The molecule has 2 rings (SSSR count). The maximum Gasteiger partial charge on any atom is 0.0682 e. The summed E-state index contributed by atoms with van der Waals surface area (Å²) in [6, 6.07) is 2.16. The monoisotopic (exact) mass is 247 g/mol. The Bertz CT molecular complexity index is 417. The lowest BCUT2D eigenvalue weighted by molar-refractivity contribution is 0.564. The van der Waals surface area contributed by atoms with Crippen LogP contribution in [0.15, 0.2) is 17.7 Å². The lowest BCUT2D eigenvalue weighted by Gasteiger charge is -2.19. The summed E-state index contributed by atoms with van der Waals surface area (Å²) in [5.41, 5.74) is 10.1. The standard InChI is InChI=1S/C15H25N3/c1-3-18-14(11-12(2)17-18)15(16)13-9-7-5-4-6-8-10-13/h9,11,15H,3-8,10,16H2,1-2H3/b13-9+. The first-order valence-corrected chi connectivity index (χ1v) is 7.21. The van der Waals surface area contributed by atoms with Gasteiger partial charge in [-0.25, -0.2) is 0 Å². The number of hydrogen-bond acceptors (Lipinski definition) is 2. The van der Waals surface area contributed by atoms with E-state index < -0.39 is 0 Å². The van der Waals surface area contributed by atoms with Gasteiger partial charge in [-0.1, -0.05) is 24.5 Å². The fraction of sp³-hybridized carbons (Fsp3) is 0.667. The topological polar surface area (TPSA) is 43.8 Å². The summed E-state index contributed by atoms with van der Waals surface area (Å²) < 4.78 is 2.04. The molecule has 0 bridgehead atoms. The van der Waals surface area contributed by atoms with Crippen LogP contribution in [0.3, 0.4) is 0 Å². The number of aryl methyl sites for hydroxylation is 2. The first-order chi connectivity index (χ1) is 8.72. The van der Waals surface area contributed by atoms with E-state index in [1.54, 1.807) is 0 Å². The van der Waals surface area contributed by atoms with Crippen molar-refractivity contribution >= 4 is 0 Å². The van der Waals surface area contributed by atoms with Gasteiger partial charge in [-0.05, 0) is 45.6 Å². The van der Waals surface area contributed by atoms with Gasteiger partial charge < -0.3 is 5.73 Å². The van der Waals surface area contributed by atoms with Crippen LogP contribution in [0.5, 0.6) is 0 Å². The molecule has 0 saturated carbocycles. The molecule has 2 N–H and O–H groups in total. The van der Waals surface area contributed by atoms with Gasteiger partial charge in [0.05, 0.1) is 17.4 Å². The number of nitrogens with zero attached hydrogens (tertiary/aromatic N) is 2. The maximum atomic E-state index is 6.45. The third kappa shape index (κ3) is 3.02. The van der Waals surface area contributed by atoms with E-state index in [-0.39, 0.29) is 6.04 Å². The Morgan fingerprint density at radius 2 is 2.11 bits per heavy atom. The summed E-state index contributed by atoms with van der Waals surface area (Å²) in [7, 11) is 0. The molecule has 100 valence electrons. The quantitative estimate of drug-likeness (QED) is 0.831. The lowest BCUT2D eigenvalue weighted by Crippen LogP contribution is -2.18. The maximum absolute atomic E-state index is 6.45. The van der Waals surface area contributed by atoms with Crippen LogP contribution in [0.2, 0.25) is 0 Å². The zero-order chi connectivity index (χ0) is 13.0. The lowest BCUT2D eigenvalue weighted by atomic mass is 9.93. The van der Waals surface area contributed by atoms with Crippen LogP contribution in [0.25, 0.3) is 0 Å². The molecule has 1 unspecified atom stereocenters. The van der Waals surface area contributed by atoms with Gasteiger partial charge in [0.25, 0.3) is 0 Å². The highest BCUT2D eigenvalue weighted by molar-refractivity contribution is 5.24. The molecule has 0 spiro atoms. The minimum atomic E-state index is 0.0317. The molecule has 0 saturated heterocycles. The molecule has 3 nitrogen and oxygen atoms in total. The average molecular weight is 247 g/mol. The van der Waals surface area contributed by atoms with Crippen LogP contribution in [0.4, 0.5) is 0 Å². The van der Waals surface area contributed by atoms with Gasteiger partial charge in [0, 0.05) is 6.54 Å². The molecular weight excluding hydrogens is 222 g/mol. The Balaban J connectivity index is 2.20. The van der Waals surface area contributed by atoms with E-state index in [1.165, 1.54) is 43.4 Å². The molecule has 1 heterocycles. The Hall–Kier alpha value is -1.09. The van der Waals surface area contributed by atoms with Crippen molar-refractivity contribution < 1.29 is 0 Å². The highest BCUT2D eigenvalue weighted by Crippen LogP contribution is 2.27. The summed E-state index contributed by atoms with van der Waals surface area (Å²) in [6.07, 6.45) is 9.99. The van der Waals surface area contributed by atoms with Crippen LogP contribution in [-0.4, -0.2) is 9.78 Å². The summed E-state index contributed by atoms with van der Waals surface area (Å²) in [5.74, 6) is 0. The van der Waals surface area contributed by atoms with E-state index in [1.807, 2.05) is 11.6 Å². The van der Waals surface area contributed by atoms with E-state index in [0.29, 0.717) is 0 Å². The molecule has 18 heavy (non-hydrogen) atoms. The van der Waals surface area contributed by atoms with Crippen molar-refractivity contribution in [3.63, 3.8) is 0 Å². The zero-order valence-electron chi connectivity index (χ0n) is 11.7. The van der Waals surface area contributed by atoms with E-state index in [4.69, 9.17) is 5.73 Å². The number of hydrogen-bond donors (Lipinski definition) is 1. The smallest absolute Gasteiger partial charge is 0.0682 e. The van der Waals surface area contributed by atoms with Gasteiger partial charge in [0.1, 0.15) is 0 Å². The van der Waals surface area contributed by atoms with Gasteiger partial charge >= 0.3 is 0 Å². The molecule has 1 aliphatic carbocycles. The van der Waals surface area contributed by atoms with E-state index in [2.05, 4.69) is 24.2 Å². The van der Waals surface area contributed by atoms with Gasteiger partial charge in [0.2, 0.25) is 0 Å². The summed E-state index contributed by atoms with van der Waals surface area (Å²) >= 11 is 0. The van der Waals surface area contributed by atoms with Crippen molar-refractivity contribution in [3.05, 3.63) is 29.1 Å². The molecule has 3 heteroatoms. The van der Waals surface area contributed by atoms with Crippen LogP contribution >= 0.6 is 0 Å². The van der Waals surface area contributed by atoms with Crippen molar-refractivity contribution in [2.75, 3.05) is 0 Å². The highest BCUT2D eigenvalue weighted by atomic mass is 15.3. The second kappa shape index (κ2) is 6.19. The Morgan fingerprint density at radius 3 is 2.89 bits per heavy atom. The molecule has 1 aromatic rings. The molecule has 0 fully saturated rings. The Labute approximate surface area is 110 Å². The molecule has 0 aromatic carbocycles. The van der Waals surface area contributed by atoms with E-state index in [0.717, 1.165) is 18.7 Å². The highest BCUT2D eigenvalue weighted by Gasteiger charge is 2.17. The first kappa shape index (κ1) is 13.3. The number of allylic oxidation sites excluding steroid dienone is 1. The normalized spacial score (nSPS) is 21.8. The third-order valence-electron chi connectivity index (χ3n) is 3.78. The number of rotatable bonds is 3. The van der Waals surface area contributed by atoms with Crippen molar-refractivity contribution in [1.82, 2.24) is 9.78 Å². The fourth-order valence-electron chi connectivity index (χ4n) is 2.76.